The molecule has 1 N–H and O–H groups in total. The molecule has 0 spiro atoms. The molecule has 0 heterocycles. The minimum absolute atomic E-state index is 0.254. The summed E-state index contributed by atoms with van der Waals surface area (Å²) in [6, 6.07) is 0. The number of hydrogen-bond acceptors (Lipinski definition) is 3. The number of alkyl halides is 3. The lowest BCUT2D eigenvalue weighted by atomic mass is 10.2. The molecule has 0 saturated carbocycles. The number of carbonyl (C=O) groups is 2. The van der Waals surface area contributed by atoms with E-state index < -0.39 is 18.1 Å². The zero-order valence-electron chi connectivity index (χ0n) is 10.5. The average Bonchev–Trinajstić information content (AvgIpc) is 2.24. The zero-order valence-corrected chi connectivity index (χ0v) is 10.5. The molecule has 0 fully saturated rings. The third-order valence-electron chi connectivity index (χ3n) is 2.17. The summed E-state index contributed by atoms with van der Waals surface area (Å²) in [6.07, 6.45) is -2.83. The number of amides is 1. The van der Waals surface area contributed by atoms with E-state index in [4.69, 9.17) is 4.74 Å². The van der Waals surface area contributed by atoms with E-state index in [1.54, 1.807) is 12.2 Å². The highest BCUT2D eigenvalue weighted by molar-refractivity contribution is 5.82. The highest BCUT2D eigenvalue weighted by Crippen LogP contribution is 2.13. The van der Waals surface area contributed by atoms with E-state index in [-0.39, 0.29) is 19.1 Å². The molecule has 106 valence electrons. The summed E-state index contributed by atoms with van der Waals surface area (Å²) in [5.41, 5.74) is 0. The minimum Gasteiger partial charge on any atom is -0.463 e. The first-order chi connectivity index (χ1) is 8.27. The van der Waals surface area contributed by atoms with E-state index >= 15 is 0 Å². The lowest BCUT2D eigenvalue weighted by molar-refractivity contribution is -0.173. The lowest BCUT2D eigenvalue weighted by Gasteiger charge is -2.13. The summed E-state index contributed by atoms with van der Waals surface area (Å²) < 4.78 is 40.3. The van der Waals surface area contributed by atoms with E-state index in [1.165, 1.54) is 0 Å². The maximum atomic E-state index is 11.8. The Morgan fingerprint density at radius 1 is 1.33 bits per heavy atom. The second-order valence-electron chi connectivity index (χ2n) is 3.95. The minimum atomic E-state index is -4.92. The van der Waals surface area contributed by atoms with Crippen molar-refractivity contribution in [1.29, 1.82) is 0 Å². The second-order valence-corrected chi connectivity index (χ2v) is 3.95. The van der Waals surface area contributed by atoms with E-state index in [2.05, 4.69) is 0 Å². The molecule has 18 heavy (non-hydrogen) atoms. The summed E-state index contributed by atoms with van der Waals surface area (Å²) in [5, 5.41) is 1.61. The molecule has 0 aliphatic rings. The summed E-state index contributed by atoms with van der Waals surface area (Å²) in [7, 11) is 0. The monoisotopic (exact) mass is 269 g/mol. The standard InChI is InChI=1S/C11H18F3NO3/c1-3-4-5-8(2)18-9(16)6-7-15-10(17)11(12,13)14/h8H,3-7H2,1-2H3,(H,15,17). The van der Waals surface area contributed by atoms with Crippen LogP contribution in [0.3, 0.4) is 0 Å². The van der Waals surface area contributed by atoms with Gasteiger partial charge in [-0.25, -0.2) is 0 Å². The van der Waals surface area contributed by atoms with Gasteiger partial charge >= 0.3 is 18.1 Å². The van der Waals surface area contributed by atoms with Gasteiger partial charge in [0, 0.05) is 6.54 Å². The predicted octanol–water partition coefficient (Wildman–Crippen LogP) is 2.18. The predicted molar refractivity (Wildman–Crippen MR) is 58.8 cm³/mol. The Morgan fingerprint density at radius 2 is 1.94 bits per heavy atom. The molecule has 0 bridgehead atoms. The van der Waals surface area contributed by atoms with Crippen molar-refractivity contribution in [2.45, 2.75) is 51.8 Å². The van der Waals surface area contributed by atoms with Gasteiger partial charge in [-0.2, -0.15) is 13.2 Å². The number of carbonyl (C=O) groups excluding carboxylic acids is 2. The summed E-state index contributed by atoms with van der Waals surface area (Å²) in [5.74, 6) is -2.66. The van der Waals surface area contributed by atoms with Gasteiger partial charge in [-0.15, -0.1) is 0 Å². The van der Waals surface area contributed by atoms with Crippen LogP contribution in [-0.4, -0.2) is 30.7 Å². The van der Waals surface area contributed by atoms with Gasteiger partial charge in [0.15, 0.2) is 0 Å². The number of esters is 1. The van der Waals surface area contributed by atoms with Gasteiger partial charge in [0.2, 0.25) is 0 Å². The molecule has 0 aliphatic heterocycles. The largest absolute Gasteiger partial charge is 0.471 e. The van der Waals surface area contributed by atoms with Crippen LogP contribution in [0.1, 0.15) is 39.5 Å². The van der Waals surface area contributed by atoms with Gasteiger partial charge in [-0.3, -0.25) is 9.59 Å². The Bertz CT molecular complexity index is 279. The van der Waals surface area contributed by atoms with Crippen molar-refractivity contribution in [3.8, 4) is 0 Å². The van der Waals surface area contributed by atoms with Crippen LogP contribution in [0.15, 0.2) is 0 Å². The molecule has 1 amide bonds. The van der Waals surface area contributed by atoms with Crippen LogP contribution in [0, 0.1) is 0 Å². The number of hydrogen-bond donors (Lipinski definition) is 1. The molecular formula is C11H18F3NO3. The van der Waals surface area contributed by atoms with Crippen molar-refractivity contribution < 1.29 is 27.5 Å². The van der Waals surface area contributed by atoms with Gasteiger partial charge in [0.1, 0.15) is 0 Å². The first-order valence-corrected chi connectivity index (χ1v) is 5.81. The van der Waals surface area contributed by atoms with Gasteiger partial charge in [-0.05, 0) is 13.3 Å². The number of nitrogens with one attached hydrogen (secondary N) is 1. The van der Waals surface area contributed by atoms with Crippen LogP contribution < -0.4 is 5.32 Å². The third kappa shape index (κ3) is 7.92. The Labute approximate surface area is 104 Å². The highest BCUT2D eigenvalue weighted by atomic mass is 19.4. The molecule has 4 nitrogen and oxygen atoms in total. The smallest absolute Gasteiger partial charge is 0.463 e. The van der Waals surface area contributed by atoms with Crippen LogP contribution in [0.5, 0.6) is 0 Å². The van der Waals surface area contributed by atoms with Crippen LogP contribution in [0.4, 0.5) is 13.2 Å². The molecular weight excluding hydrogens is 251 g/mol. The first kappa shape index (κ1) is 16.7. The molecule has 0 saturated heterocycles. The van der Waals surface area contributed by atoms with Gasteiger partial charge < -0.3 is 10.1 Å². The molecule has 7 heteroatoms. The normalized spacial score (nSPS) is 12.9. The van der Waals surface area contributed by atoms with Gasteiger partial charge in [0.25, 0.3) is 0 Å². The number of unbranched alkanes of at least 4 members (excludes halogenated alkanes) is 1. The highest BCUT2D eigenvalue weighted by Gasteiger charge is 2.38. The van der Waals surface area contributed by atoms with Crippen molar-refractivity contribution in [1.82, 2.24) is 5.32 Å². The molecule has 0 aliphatic carbocycles. The molecule has 1 unspecified atom stereocenters. The molecule has 0 radical (unpaired) electrons. The Hall–Kier alpha value is -1.27. The quantitative estimate of drug-likeness (QED) is 0.721. The fourth-order valence-electron chi connectivity index (χ4n) is 1.21. The van der Waals surface area contributed by atoms with E-state index in [0.717, 1.165) is 19.3 Å². The van der Waals surface area contributed by atoms with Crippen LogP contribution in [0.25, 0.3) is 0 Å². The van der Waals surface area contributed by atoms with Crippen molar-refractivity contribution in [2.75, 3.05) is 6.54 Å². The zero-order chi connectivity index (χ0) is 14.2. The fourth-order valence-corrected chi connectivity index (χ4v) is 1.21. The molecule has 1 atom stereocenters. The molecule has 0 aromatic heterocycles. The fraction of sp³-hybridized carbons (Fsp3) is 0.818. The second kappa shape index (κ2) is 7.94. The maximum Gasteiger partial charge on any atom is 0.471 e. The van der Waals surface area contributed by atoms with Crippen molar-refractivity contribution in [3.05, 3.63) is 0 Å². The molecule has 0 aromatic rings. The SMILES string of the molecule is CCCCC(C)OC(=O)CCNC(=O)C(F)(F)F. The Balaban J connectivity index is 3.75. The number of rotatable bonds is 7. The topological polar surface area (TPSA) is 55.4 Å². The molecule has 0 rings (SSSR count). The van der Waals surface area contributed by atoms with Crippen LogP contribution >= 0.6 is 0 Å². The summed E-state index contributed by atoms with van der Waals surface area (Å²) >= 11 is 0. The van der Waals surface area contributed by atoms with Gasteiger partial charge in [-0.1, -0.05) is 19.8 Å². The maximum absolute atomic E-state index is 11.8. The summed E-state index contributed by atoms with van der Waals surface area (Å²) in [6.45, 7) is 3.35. The van der Waals surface area contributed by atoms with Gasteiger partial charge in [0.05, 0.1) is 12.5 Å². The van der Waals surface area contributed by atoms with Crippen LogP contribution in [-0.2, 0) is 14.3 Å². The van der Waals surface area contributed by atoms with Crippen molar-refractivity contribution in [3.63, 3.8) is 0 Å². The van der Waals surface area contributed by atoms with E-state index in [1.807, 2.05) is 6.92 Å². The summed E-state index contributed by atoms with van der Waals surface area (Å²) in [4.78, 5) is 21.6. The van der Waals surface area contributed by atoms with Crippen molar-refractivity contribution in [2.24, 2.45) is 0 Å². The van der Waals surface area contributed by atoms with Crippen molar-refractivity contribution >= 4 is 11.9 Å². The third-order valence-corrected chi connectivity index (χ3v) is 2.17. The Kier molecular flexibility index (Phi) is 7.38. The van der Waals surface area contributed by atoms with E-state index in [0.29, 0.717) is 0 Å². The number of ether oxygens (including phenoxy) is 1. The van der Waals surface area contributed by atoms with E-state index in [9.17, 15) is 22.8 Å². The first-order valence-electron chi connectivity index (χ1n) is 5.81. The lowest BCUT2D eigenvalue weighted by Crippen LogP contribution is -2.38. The van der Waals surface area contributed by atoms with Crippen LogP contribution in [0.2, 0.25) is 0 Å². The Morgan fingerprint density at radius 3 is 2.44 bits per heavy atom. The number of halogens is 3. The molecule has 0 aromatic carbocycles. The average molecular weight is 269 g/mol.